The van der Waals surface area contributed by atoms with E-state index < -0.39 is 0 Å². The summed E-state index contributed by atoms with van der Waals surface area (Å²) in [7, 11) is 0. The summed E-state index contributed by atoms with van der Waals surface area (Å²) in [5.74, 6) is 1.09. The Morgan fingerprint density at radius 2 is 2.22 bits per heavy atom. The summed E-state index contributed by atoms with van der Waals surface area (Å²) in [6.45, 7) is 3.66. The van der Waals surface area contributed by atoms with Gasteiger partial charge in [-0.05, 0) is 25.3 Å². The highest BCUT2D eigenvalue weighted by Gasteiger charge is 2.23. The van der Waals surface area contributed by atoms with E-state index in [-0.39, 0.29) is 12.1 Å². The lowest BCUT2D eigenvalue weighted by Crippen LogP contribution is -2.39. The number of nitrogens with zero attached hydrogens (tertiary/aromatic N) is 2. The molecular formula is C17H21N3O3. The lowest BCUT2D eigenvalue weighted by atomic mass is 10.2. The first-order chi connectivity index (χ1) is 11.2. The van der Waals surface area contributed by atoms with Crippen molar-refractivity contribution >= 4 is 11.8 Å². The predicted octanol–water partition coefficient (Wildman–Crippen LogP) is 3.20. The molecule has 0 saturated carbocycles. The minimum Gasteiger partial charge on any atom is -0.376 e. The Kier molecular flexibility index (Phi) is 4.92. The number of urea groups is 1. The maximum atomic E-state index is 12.6. The van der Waals surface area contributed by atoms with Crippen LogP contribution < -0.4 is 5.32 Å². The molecule has 122 valence electrons. The SMILES string of the molecule is Cc1cc(NC(=O)N(Cc2ccccc2)C[C@@H]2CCCO2)no1. The van der Waals surface area contributed by atoms with Crippen LogP contribution in [0.1, 0.15) is 24.2 Å². The third-order valence-electron chi connectivity index (χ3n) is 3.81. The summed E-state index contributed by atoms with van der Waals surface area (Å²) in [5.41, 5.74) is 1.08. The van der Waals surface area contributed by atoms with E-state index >= 15 is 0 Å². The molecule has 6 nitrogen and oxygen atoms in total. The first-order valence-electron chi connectivity index (χ1n) is 7.85. The summed E-state index contributed by atoms with van der Waals surface area (Å²) in [6.07, 6.45) is 2.14. The smallest absolute Gasteiger partial charge is 0.323 e. The molecule has 0 spiro atoms. The summed E-state index contributed by atoms with van der Waals surface area (Å²) in [6, 6.07) is 11.4. The van der Waals surface area contributed by atoms with Crippen LogP contribution in [0.4, 0.5) is 10.6 Å². The number of nitrogens with one attached hydrogen (secondary N) is 1. The second-order valence-electron chi connectivity index (χ2n) is 5.75. The van der Waals surface area contributed by atoms with Crippen molar-refractivity contribution in [2.75, 3.05) is 18.5 Å². The highest BCUT2D eigenvalue weighted by Crippen LogP contribution is 2.16. The highest BCUT2D eigenvalue weighted by molar-refractivity contribution is 5.88. The number of hydrogen-bond acceptors (Lipinski definition) is 4. The van der Waals surface area contributed by atoms with E-state index in [0.717, 1.165) is 25.0 Å². The summed E-state index contributed by atoms with van der Waals surface area (Å²) >= 11 is 0. The van der Waals surface area contributed by atoms with Gasteiger partial charge in [0.15, 0.2) is 5.82 Å². The fraction of sp³-hybridized carbons (Fsp3) is 0.412. The normalized spacial score (nSPS) is 17.2. The molecule has 6 heteroatoms. The number of carbonyl (C=O) groups excluding carboxylic acids is 1. The molecule has 0 aliphatic carbocycles. The van der Waals surface area contributed by atoms with Gasteiger partial charge in [-0.3, -0.25) is 5.32 Å². The van der Waals surface area contributed by atoms with E-state index in [0.29, 0.717) is 24.7 Å². The second kappa shape index (κ2) is 7.28. The van der Waals surface area contributed by atoms with E-state index in [9.17, 15) is 4.79 Å². The molecule has 23 heavy (non-hydrogen) atoms. The Morgan fingerprint density at radius 3 is 2.87 bits per heavy atom. The molecule has 1 aromatic heterocycles. The molecule has 1 aliphatic heterocycles. The minimum atomic E-state index is -0.197. The van der Waals surface area contributed by atoms with Crippen molar-refractivity contribution in [1.29, 1.82) is 0 Å². The fourth-order valence-corrected chi connectivity index (χ4v) is 2.67. The minimum absolute atomic E-state index is 0.100. The number of anilines is 1. The maximum absolute atomic E-state index is 12.6. The molecule has 3 rings (SSSR count). The van der Waals surface area contributed by atoms with Crippen molar-refractivity contribution in [2.45, 2.75) is 32.4 Å². The number of amides is 2. The van der Waals surface area contributed by atoms with E-state index in [1.54, 1.807) is 17.9 Å². The Bertz CT molecular complexity index is 636. The van der Waals surface area contributed by atoms with Gasteiger partial charge in [0, 0.05) is 25.8 Å². The van der Waals surface area contributed by atoms with Crippen LogP contribution in [0.25, 0.3) is 0 Å². The standard InChI is InChI=1S/C17H21N3O3/c1-13-10-16(19-23-13)18-17(21)20(12-15-8-5-9-22-15)11-14-6-3-2-4-7-14/h2-4,6-7,10,15H,5,8-9,11-12H2,1H3,(H,18,19,21)/t15-/m0/s1. The molecule has 1 fully saturated rings. The van der Waals surface area contributed by atoms with Crippen LogP contribution in [0.5, 0.6) is 0 Å². The highest BCUT2D eigenvalue weighted by atomic mass is 16.5. The number of aromatic nitrogens is 1. The van der Waals surface area contributed by atoms with Crippen molar-refractivity contribution in [2.24, 2.45) is 0 Å². The van der Waals surface area contributed by atoms with Crippen molar-refractivity contribution in [3.63, 3.8) is 0 Å². The molecule has 0 radical (unpaired) electrons. The molecule has 1 aliphatic rings. The van der Waals surface area contributed by atoms with Gasteiger partial charge in [-0.25, -0.2) is 4.79 Å². The lowest BCUT2D eigenvalue weighted by molar-refractivity contribution is 0.0819. The van der Waals surface area contributed by atoms with Crippen molar-refractivity contribution < 1.29 is 14.1 Å². The Hall–Kier alpha value is -2.34. The molecule has 0 unspecified atom stereocenters. The van der Waals surface area contributed by atoms with Gasteiger partial charge in [0.05, 0.1) is 6.10 Å². The molecule has 1 aromatic carbocycles. The maximum Gasteiger partial charge on any atom is 0.323 e. The quantitative estimate of drug-likeness (QED) is 0.920. The average Bonchev–Trinajstić information content (AvgIpc) is 3.19. The van der Waals surface area contributed by atoms with Crippen molar-refractivity contribution in [3.8, 4) is 0 Å². The van der Waals surface area contributed by atoms with Crippen LogP contribution in [-0.2, 0) is 11.3 Å². The molecule has 1 atom stereocenters. The van der Waals surface area contributed by atoms with Crippen LogP contribution in [0, 0.1) is 6.92 Å². The number of rotatable bonds is 5. The van der Waals surface area contributed by atoms with Crippen molar-refractivity contribution in [3.05, 3.63) is 47.7 Å². The van der Waals surface area contributed by atoms with Crippen LogP contribution in [-0.4, -0.2) is 35.3 Å². The Balaban J connectivity index is 1.68. The number of hydrogen-bond donors (Lipinski definition) is 1. The van der Waals surface area contributed by atoms with Gasteiger partial charge in [-0.1, -0.05) is 35.5 Å². The van der Waals surface area contributed by atoms with Gasteiger partial charge in [-0.15, -0.1) is 0 Å². The largest absolute Gasteiger partial charge is 0.376 e. The number of benzene rings is 1. The zero-order valence-electron chi connectivity index (χ0n) is 13.2. The number of ether oxygens (including phenoxy) is 1. The summed E-state index contributed by atoms with van der Waals surface area (Å²) in [5, 5.41) is 6.60. The first-order valence-corrected chi connectivity index (χ1v) is 7.85. The molecule has 2 amide bonds. The van der Waals surface area contributed by atoms with E-state index in [2.05, 4.69) is 10.5 Å². The third-order valence-corrected chi connectivity index (χ3v) is 3.81. The zero-order valence-corrected chi connectivity index (χ0v) is 13.2. The van der Waals surface area contributed by atoms with Crippen LogP contribution in [0.3, 0.4) is 0 Å². The molecule has 2 heterocycles. The van der Waals surface area contributed by atoms with Gasteiger partial charge >= 0.3 is 6.03 Å². The first kappa shape index (κ1) is 15.6. The second-order valence-corrected chi connectivity index (χ2v) is 5.75. The van der Waals surface area contributed by atoms with E-state index in [1.807, 2.05) is 30.3 Å². The third kappa shape index (κ3) is 4.32. The monoisotopic (exact) mass is 315 g/mol. The molecular weight excluding hydrogens is 294 g/mol. The van der Waals surface area contributed by atoms with E-state index in [4.69, 9.17) is 9.26 Å². The zero-order chi connectivity index (χ0) is 16.1. The van der Waals surface area contributed by atoms with Crippen LogP contribution >= 0.6 is 0 Å². The fourth-order valence-electron chi connectivity index (χ4n) is 2.67. The van der Waals surface area contributed by atoms with E-state index in [1.165, 1.54) is 0 Å². The average molecular weight is 315 g/mol. The topological polar surface area (TPSA) is 67.6 Å². The van der Waals surface area contributed by atoms with Gasteiger partial charge in [0.1, 0.15) is 5.76 Å². The van der Waals surface area contributed by atoms with Gasteiger partial charge in [-0.2, -0.15) is 0 Å². The molecule has 2 aromatic rings. The summed E-state index contributed by atoms with van der Waals surface area (Å²) < 4.78 is 10.7. The van der Waals surface area contributed by atoms with Crippen molar-refractivity contribution in [1.82, 2.24) is 10.1 Å². The number of carbonyl (C=O) groups is 1. The lowest BCUT2D eigenvalue weighted by Gasteiger charge is -2.25. The molecule has 0 bridgehead atoms. The molecule has 1 N–H and O–H groups in total. The number of aryl methyl sites for hydroxylation is 1. The Labute approximate surface area is 135 Å². The Morgan fingerprint density at radius 1 is 1.39 bits per heavy atom. The summed E-state index contributed by atoms with van der Waals surface area (Å²) in [4.78, 5) is 14.4. The van der Waals surface area contributed by atoms with Crippen LogP contribution in [0.2, 0.25) is 0 Å². The predicted molar refractivity (Wildman–Crippen MR) is 86.1 cm³/mol. The van der Waals surface area contributed by atoms with Crippen LogP contribution in [0.15, 0.2) is 40.9 Å². The van der Waals surface area contributed by atoms with Gasteiger partial charge in [0.25, 0.3) is 0 Å². The molecule has 1 saturated heterocycles. The van der Waals surface area contributed by atoms with Gasteiger partial charge < -0.3 is 14.2 Å². The van der Waals surface area contributed by atoms with Gasteiger partial charge in [0.2, 0.25) is 0 Å².